The van der Waals surface area contributed by atoms with E-state index in [-0.39, 0.29) is 28.9 Å². The van der Waals surface area contributed by atoms with Crippen molar-refractivity contribution in [3.8, 4) is 0 Å². The lowest BCUT2D eigenvalue weighted by Crippen LogP contribution is -2.13. The molecule has 0 spiro atoms. The van der Waals surface area contributed by atoms with Crippen LogP contribution < -0.4 is 0 Å². The lowest BCUT2D eigenvalue weighted by Gasteiger charge is -2.16. The number of hydrogen-bond donors (Lipinski definition) is 4. The molecule has 6 nitrogen and oxygen atoms in total. The number of hydrogen-bond acceptors (Lipinski definition) is 4. The first-order valence-corrected chi connectivity index (χ1v) is 6.29. The number of aliphatic hydroxyl groups is 2. The molecule has 6 heteroatoms. The van der Waals surface area contributed by atoms with Crippen LogP contribution in [0.2, 0.25) is 0 Å². The molecular weight excluding hydrogens is 264 g/mol. The monoisotopic (exact) mass is 282 g/mol. The van der Waals surface area contributed by atoms with Gasteiger partial charge in [0.25, 0.3) is 0 Å². The summed E-state index contributed by atoms with van der Waals surface area (Å²) in [7, 11) is 0. The first-order chi connectivity index (χ1) is 9.40. The van der Waals surface area contributed by atoms with E-state index in [4.69, 9.17) is 10.2 Å². The van der Waals surface area contributed by atoms with E-state index in [2.05, 4.69) is 0 Å². The lowest BCUT2D eigenvalue weighted by molar-refractivity contribution is 0.0686. The van der Waals surface area contributed by atoms with Crippen molar-refractivity contribution >= 4 is 11.9 Å². The number of rotatable bonds is 7. The van der Waals surface area contributed by atoms with Crippen molar-refractivity contribution < 1.29 is 30.0 Å². The highest BCUT2D eigenvalue weighted by molar-refractivity contribution is 5.97. The van der Waals surface area contributed by atoms with Gasteiger partial charge in [-0.2, -0.15) is 0 Å². The van der Waals surface area contributed by atoms with Gasteiger partial charge in [0.1, 0.15) is 0 Å². The minimum absolute atomic E-state index is 0.00941. The fourth-order valence-electron chi connectivity index (χ4n) is 2.13. The van der Waals surface area contributed by atoms with E-state index in [1.807, 2.05) is 0 Å². The normalized spacial score (nSPS) is 12.2. The van der Waals surface area contributed by atoms with Crippen molar-refractivity contribution in [1.29, 1.82) is 0 Å². The van der Waals surface area contributed by atoms with Crippen LogP contribution in [0.5, 0.6) is 0 Å². The molecule has 4 N–H and O–H groups in total. The van der Waals surface area contributed by atoms with Crippen LogP contribution >= 0.6 is 0 Å². The highest BCUT2D eigenvalue weighted by Crippen LogP contribution is 2.27. The van der Waals surface area contributed by atoms with Gasteiger partial charge in [-0.3, -0.25) is 0 Å². The van der Waals surface area contributed by atoms with Crippen LogP contribution in [-0.2, 0) is 0 Å². The predicted molar refractivity (Wildman–Crippen MR) is 71.0 cm³/mol. The van der Waals surface area contributed by atoms with Crippen LogP contribution in [0.25, 0.3) is 0 Å². The zero-order valence-corrected chi connectivity index (χ0v) is 11.2. The fourth-order valence-corrected chi connectivity index (χ4v) is 2.13. The number of carbonyl (C=O) groups is 2. The third-order valence-electron chi connectivity index (χ3n) is 3.19. The number of aromatic carboxylic acids is 2. The summed E-state index contributed by atoms with van der Waals surface area (Å²) in [5.74, 6) is -2.46. The van der Waals surface area contributed by atoms with Gasteiger partial charge in [0.05, 0.1) is 17.2 Å². The molecule has 0 aliphatic carbocycles. The average Bonchev–Trinajstić information content (AvgIpc) is 2.37. The molecule has 0 amide bonds. The molecule has 0 fully saturated rings. The number of carboxylic acid groups (broad SMARTS) is 2. The molecule has 0 bridgehead atoms. The van der Waals surface area contributed by atoms with Crippen LogP contribution in [0.3, 0.4) is 0 Å². The summed E-state index contributed by atoms with van der Waals surface area (Å²) >= 11 is 0. The Morgan fingerprint density at radius 2 is 1.80 bits per heavy atom. The molecule has 1 atom stereocenters. The van der Waals surface area contributed by atoms with Gasteiger partial charge >= 0.3 is 11.9 Å². The molecule has 20 heavy (non-hydrogen) atoms. The average molecular weight is 282 g/mol. The molecule has 1 unspecified atom stereocenters. The second-order valence-electron chi connectivity index (χ2n) is 4.55. The third-order valence-corrected chi connectivity index (χ3v) is 3.19. The Bertz CT molecular complexity index is 509. The van der Waals surface area contributed by atoms with Crippen molar-refractivity contribution in [1.82, 2.24) is 0 Å². The summed E-state index contributed by atoms with van der Waals surface area (Å²) in [6.07, 6.45) is 0.392. The Kier molecular flexibility index (Phi) is 5.66. The van der Waals surface area contributed by atoms with E-state index in [9.17, 15) is 19.8 Å². The Balaban J connectivity index is 3.16. The van der Waals surface area contributed by atoms with Crippen LogP contribution in [0.4, 0.5) is 0 Å². The molecule has 0 saturated heterocycles. The largest absolute Gasteiger partial charge is 0.478 e. The maximum absolute atomic E-state index is 11.3. The number of benzene rings is 1. The van der Waals surface area contributed by atoms with Crippen molar-refractivity contribution in [2.45, 2.75) is 32.3 Å². The SMILES string of the molecule is Cc1c(C(=O)O)ccc(C(O)CCCCO)c1C(=O)O. The predicted octanol–water partition coefficient (Wildman–Crippen LogP) is 1.59. The highest BCUT2D eigenvalue weighted by atomic mass is 16.4. The topological polar surface area (TPSA) is 115 Å². The molecule has 0 saturated carbocycles. The summed E-state index contributed by atoms with van der Waals surface area (Å²) < 4.78 is 0. The summed E-state index contributed by atoms with van der Waals surface area (Å²) in [6, 6.07) is 2.64. The second-order valence-corrected chi connectivity index (χ2v) is 4.55. The molecular formula is C14H18O6. The molecule has 0 heterocycles. The Hall–Kier alpha value is -1.92. The summed E-state index contributed by atoms with van der Waals surface area (Å²) in [5, 5.41) is 37.0. The summed E-state index contributed by atoms with van der Waals surface area (Å²) in [6.45, 7) is 1.42. The van der Waals surface area contributed by atoms with E-state index in [0.717, 1.165) is 0 Å². The van der Waals surface area contributed by atoms with E-state index < -0.39 is 18.0 Å². The molecule has 0 aromatic heterocycles. The second kappa shape index (κ2) is 7.02. The zero-order valence-electron chi connectivity index (χ0n) is 11.2. The smallest absolute Gasteiger partial charge is 0.336 e. The number of aliphatic hydroxyl groups excluding tert-OH is 2. The zero-order chi connectivity index (χ0) is 15.3. The Morgan fingerprint density at radius 1 is 1.15 bits per heavy atom. The third kappa shape index (κ3) is 3.55. The molecule has 0 aliphatic rings. The molecule has 110 valence electrons. The summed E-state index contributed by atoms with van der Waals surface area (Å²) in [5.41, 5.74) is 0.0803. The van der Waals surface area contributed by atoms with Gasteiger partial charge in [-0.1, -0.05) is 6.07 Å². The maximum Gasteiger partial charge on any atom is 0.336 e. The fraction of sp³-hybridized carbons (Fsp3) is 0.429. The van der Waals surface area contributed by atoms with E-state index >= 15 is 0 Å². The minimum Gasteiger partial charge on any atom is -0.478 e. The molecule has 1 rings (SSSR count). The van der Waals surface area contributed by atoms with Gasteiger partial charge in [-0.15, -0.1) is 0 Å². The van der Waals surface area contributed by atoms with E-state index in [1.165, 1.54) is 19.1 Å². The van der Waals surface area contributed by atoms with Gasteiger partial charge in [-0.05, 0) is 43.4 Å². The molecule has 1 aromatic carbocycles. The van der Waals surface area contributed by atoms with Crippen LogP contribution in [0.1, 0.15) is 57.2 Å². The van der Waals surface area contributed by atoms with Crippen LogP contribution in [0, 0.1) is 6.92 Å². The van der Waals surface area contributed by atoms with E-state index in [1.54, 1.807) is 0 Å². The number of unbranched alkanes of at least 4 members (excludes halogenated alkanes) is 1. The summed E-state index contributed by atoms with van der Waals surface area (Å²) in [4.78, 5) is 22.3. The standard InChI is InChI=1S/C14H18O6/c1-8-9(13(17)18)5-6-10(12(8)14(19)20)11(16)4-2-3-7-15/h5-6,11,15-16H,2-4,7H2,1H3,(H,17,18)(H,19,20). The number of carboxylic acids is 2. The van der Waals surface area contributed by atoms with Crippen LogP contribution in [-0.4, -0.2) is 39.0 Å². The van der Waals surface area contributed by atoms with Gasteiger partial charge in [-0.25, -0.2) is 9.59 Å². The first kappa shape index (κ1) is 16.1. The van der Waals surface area contributed by atoms with Crippen molar-refractivity contribution in [2.24, 2.45) is 0 Å². The quantitative estimate of drug-likeness (QED) is 0.564. The van der Waals surface area contributed by atoms with Gasteiger partial charge in [0.2, 0.25) is 0 Å². The van der Waals surface area contributed by atoms with Gasteiger partial charge in [0, 0.05) is 6.61 Å². The van der Waals surface area contributed by atoms with Crippen molar-refractivity contribution in [3.05, 3.63) is 34.4 Å². The lowest BCUT2D eigenvalue weighted by atomic mass is 9.92. The van der Waals surface area contributed by atoms with Gasteiger partial charge < -0.3 is 20.4 Å². The molecule has 0 radical (unpaired) electrons. The maximum atomic E-state index is 11.3. The first-order valence-electron chi connectivity index (χ1n) is 6.29. The van der Waals surface area contributed by atoms with Crippen LogP contribution in [0.15, 0.2) is 12.1 Å². The van der Waals surface area contributed by atoms with Crippen molar-refractivity contribution in [2.75, 3.05) is 6.61 Å². The Morgan fingerprint density at radius 3 is 2.30 bits per heavy atom. The van der Waals surface area contributed by atoms with Gasteiger partial charge in [0.15, 0.2) is 0 Å². The van der Waals surface area contributed by atoms with E-state index in [0.29, 0.717) is 19.3 Å². The minimum atomic E-state index is -1.26. The molecule has 0 aliphatic heterocycles. The molecule has 1 aromatic rings. The Labute approximate surface area is 116 Å². The highest BCUT2D eigenvalue weighted by Gasteiger charge is 2.22. The van der Waals surface area contributed by atoms with Crippen molar-refractivity contribution in [3.63, 3.8) is 0 Å².